The van der Waals surface area contributed by atoms with Gasteiger partial charge < -0.3 is 16.2 Å². The number of rotatable bonds is 2. The molecule has 1 atom stereocenters. The van der Waals surface area contributed by atoms with Gasteiger partial charge in [0.05, 0.1) is 6.10 Å². The van der Waals surface area contributed by atoms with Crippen LogP contribution in [0.25, 0.3) is 0 Å². The third kappa shape index (κ3) is 2.78. The first-order valence-electron chi connectivity index (χ1n) is 5.03. The number of anilines is 1. The van der Waals surface area contributed by atoms with Gasteiger partial charge >= 0.3 is 0 Å². The summed E-state index contributed by atoms with van der Waals surface area (Å²) in [4.78, 5) is 3.94. The summed E-state index contributed by atoms with van der Waals surface area (Å²) in [6, 6.07) is 3.81. The molecule has 1 aromatic rings. The third-order valence-electron chi connectivity index (χ3n) is 2.41. The molecule has 0 bridgehead atoms. The highest BCUT2D eigenvalue weighted by atomic mass is 16.3. The molecule has 1 unspecified atom stereocenters. The molecule has 2 rings (SSSR count). The van der Waals surface area contributed by atoms with Crippen LogP contribution in [0.5, 0.6) is 0 Å². The highest BCUT2D eigenvalue weighted by molar-refractivity contribution is 5.34. The molecule has 0 saturated carbocycles. The quantitative estimate of drug-likeness (QED) is 0.599. The molecule has 0 fully saturated rings. The molecule has 0 radical (unpaired) electrons. The van der Waals surface area contributed by atoms with Crippen LogP contribution in [0.3, 0.4) is 0 Å². The van der Waals surface area contributed by atoms with Crippen molar-refractivity contribution in [2.75, 3.05) is 18.8 Å². The normalized spacial score (nSPS) is 21.1. The van der Waals surface area contributed by atoms with Crippen LogP contribution in [0, 0.1) is 0 Å². The van der Waals surface area contributed by atoms with Crippen molar-refractivity contribution in [3.63, 3.8) is 0 Å². The molecule has 15 heavy (non-hydrogen) atoms. The molecule has 0 spiro atoms. The first-order valence-corrected chi connectivity index (χ1v) is 5.03. The van der Waals surface area contributed by atoms with Crippen LogP contribution in [0.2, 0.25) is 0 Å². The fourth-order valence-electron chi connectivity index (χ4n) is 1.76. The van der Waals surface area contributed by atoms with Gasteiger partial charge in [-0.25, -0.2) is 4.98 Å². The lowest BCUT2D eigenvalue weighted by Gasteiger charge is -2.18. The molecule has 0 saturated heterocycles. The number of nitrogens with two attached hydrogens (primary N) is 1. The number of aliphatic hydroxyl groups is 1. The van der Waals surface area contributed by atoms with E-state index in [-0.39, 0.29) is 6.10 Å². The summed E-state index contributed by atoms with van der Waals surface area (Å²) >= 11 is 0. The van der Waals surface area contributed by atoms with Crippen molar-refractivity contribution in [2.45, 2.75) is 12.5 Å². The van der Waals surface area contributed by atoms with E-state index < -0.39 is 0 Å². The zero-order valence-electron chi connectivity index (χ0n) is 8.48. The zero-order valence-corrected chi connectivity index (χ0v) is 8.48. The van der Waals surface area contributed by atoms with Crippen LogP contribution in [0.1, 0.15) is 5.56 Å². The van der Waals surface area contributed by atoms with E-state index in [4.69, 9.17) is 5.73 Å². The van der Waals surface area contributed by atoms with Crippen LogP contribution in [0.4, 0.5) is 5.82 Å². The van der Waals surface area contributed by atoms with Gasteiger partial charge in [-0.3, -0.25) is 0 Å². The minimum absolute atomic E-state index is 0.368. The van der Waals surface area contributed by atoms with Gasteiger partial charge in [0, 0.05) is 19.3 Å². The molecule has 2 heterocycles. The fraction of sp³-hybridized carbons (Fsp3) is 0.364. The van der Waals surface area contributed by atoms with Gasteiger partial charge in [-0.05, 0) is 24.1 Å². The average molecular weight is 205 g/mol. The van der Waals surface area contributed by atoms with E-state index in [0.717, 1.165) is 18.5 Å². The smallest absolute Gasteiger partial charge is 0.123 e. The lowest BCUT2D eigenvalue weighted by atomic mass is 10.0. The summed E-state index contributed by atoms with van der Waals surface area (Å²) in [5.74, 6) is 0.539. The summed E-state index contributed by atoms with van der Waals surface area (Å²) in [7, 11) is 0. The monoisotopic (exact) mass is 205 g/mol. The maximum absolute atomic E-state index is 9.44. The maximum Gasteiger partial charge on any atom is 0.123 e. The van der Waals surface area contributed by atoms with Crippen molar-refractivity contribution in [1.29, 1.82) is 0 Å². The Balaban J connectivity index is 2.08. The van der Waals surface area contributed by atoms with Crippen molar-refractivity contribution >= 4 is 5.82 Å². The number of nitrogens with zero attached hydrogens (tertiary/aromatic N) is 1. The summed E-state index contributed by atoms with van der Waals surface area (Å²) in [5, 5.41) is 12.6. The Morgan fingerprint density at radius 1 is 1.60 bits per heavy atom. The van der Waals surface area contributed by atoms with Crippen LogP contribution < -0.4 is 11.1 Å². The van der Waals surface area contributed by atoms with Crippen LogP contribution >= 0.6 is 0 Å². The molecule has 80 valence electrons. The number of nitrogens with one attached hydrogen (secondary N) is 1. The second-order valence-corrected chi connectivity index (χ2v) is 3.79. The minimum atomic E-state index is -0.368. The molecule has 4 heteroatoms. The first kappa shape index (κ1) is 10.1. The molecular formula is C11H15N3O. The molecule has 0 amide bonds. The number of aliphatic hydroxyl groups excluding tert-OH is 1. The summed E-state index contributed by atoms with van der Waals surface area (Å²) < 4.78 is 0. The van der Waals surface area contributed by atoms with Crippen molar-refractivity contribution in [3.05, 3.63) is 35.5 Å². The zero-order chi connectivity index (χ0) is 10.7. The van der Waals surface area contributed by atoms with E-state index in [1.54, 1.807) is 6.20 Å². The lowest BCUT2D eigenvalue weighted by Crippen LogP contribution is -2.32. The fourth-order valence-corrected chi connectivity index (χ4v) is 1.76. The Morgan fingerprint density at radius 3 is 3.20 bits per heavy atom. The second kappa shape index (κ2) is 4.42. The van der Waals surface area contributed by atoms with Crippen molar-refractivity contribution in [1.82, 2.24) is 10.3 Å². The molecule has 1 aliphatic rings. The largest absolute Gasteiger partial charge is 0.388 e. The number of nitrogen functional groups attached to an aromatic ring is 1. The lowest BCUT2D eigenvalue weighted by molar-refractivity contribution is 0.213. The molecule has 4 nitrogen and oxygen atoms in total. The highest BCUT2D eigenvalue weighted by Gasteiger charge is 2.10. The number of β-amino-alcohol motifs (C(OH)–C–C–N with tert-alkyl or cyclic N) is 1. The SMILES string of the molecule is Nc1cc(CC2=CC(O)CNC2)ccn1. The van der Waals surface area contributed by atoms with Gasteiger partial charge in [0.1, 0.15) is 5.82 Å². The molecule has 4 N–H and O–H groups in total. The number of aromatic nitrogens is 1. The third-order valence-corrected chi connectivity index (χ3v) is 2.41. The van der Waals surface area contributed by atoms with E-state index in [1.165, 1.54) is 5.57 Å². The first-order chi connectivity index (χ1) is 7.24. The van der Waals surface area contributed by atoms with Crippen LogP contribution in [0.15, 0.2) is 30.0 Å². The van der Waals surface area contributed by atoms with Crippen LogP contribution in [-0.2, 0) is 6.42 Å². The highest BCUT2D eigenvalue weighted by Crippen LogP contribution is 2.12. The second-order valence-electron chi connectivity index (χ2n) is 3.79. The van der Waals surface area contributed by atoms with E-state index in [0.29, 0.717) is 12.4 Å². The van der Waals surface area contributed by atoms with Crippen molar-refractivity contribution in [3.8, 4) is 0 Å². The predicted octanol–water partition coefficient (Wildman–Crippen LogP) is 0.0968. The van der Waals surface area contributed by atoms with Gasteiger partial charge in [0.25, 0.3) is 0 Å². The molecule has 0 aromatic carbocycles. The van der Waals surface area contributed by atoms with Crippen LogP contribution in [-0.4, -0.2) is 29.3 Å². The van der Waals surface area contributed by atoms with Crippen molar-refractivity contribution < 1.29 is 5.11 Å². The maximum atomic E-state index is 9.44. The predicted molar refractivity (Wildman–Crippen MR) is 59.3 cm³/mol. The van der Waals surface area contributed by atoms with E-state index in [1.807, 2.05) is 18.2 Å². The number of hydrogen-bond acceptors (Lipinski definition) is 4. The Hall–Kier alpha value is -1.39. The summed E-state index contributed by atoms with van der Waals surface area (Å²) in [5.41, 5.74) is 7.92. The molecule has 1 aliphatic heterocycles. The van der Waals surface area contributed by atoms with Gasteiger partial charge in [-0.1, -0.05) is 11.6 Å². The number of hydrogen-bond donors (Lipinski definition) is 3. The van der Waals surface area contributed by atoms with Gasteiger partial charge in [-0.15, -0.1) is 0 Å². The Morgan fingerprint density at radius 2 is 2.47 bits per heavy atom. The van der Waals surface area contributed by atoms with Gasteiger partial charge in [0.15, 0.2) is 0 Å². The number of pyridine rings is 1. The Labute approximate surface area is 88.8 Å². The Kier molecular flexibility index (Phi) is 2.99. The summed E-state index contributed by atoms with van der Waals surface area (Å²) in [6.45, 7) is 1.47. The minimum Gasteiger partial charge on any atom is -0.388 e. The average Bonchev–Trinajstić information content (AvgIpc) is 2.17. The van der Waals surface area contributed by atoms with Gasteiger partial charge in [-0.2, -0.15) is 0 Å². The Bertz CT molecular complexity index is 376. The molecule has 0 aliphatic carbocycles. The molecule has 1 aromatic heterocycles. The van der Waals surface area contributed by atoms with E-state index >= 15 is 0 Å². The van der Waals surface area contributed by atoms with Gasteiger partial charge in [0.2, 0.25) is 0 Å². The van der Waals surface area contributed by atoms with Crippen molar-refractivity contribution in [2.24, 2.45) is 0 Å². The summed E-state index contributed by atoms with van der Waals surface area (Å²) in [6.07, 6.45) is 4.06. The topological polar surface area (TPSA) is 71.2 Å². The molecular weight excluding hydrogens is 190 g/mol. The standard InChI is InChI=1S/C11H15N3O/c12-11-5-8(1-2-14-11)3-9-4-10(15)7-13-6-9/h1-2,4-5,10,13,15H,3,6-7H2,(H2,12,14). The van der Waals surface area contributed by atoms with E-state index in [2.05, 4.69) is 10.3 Å². The van der Waals surface area contributed by atoms with E-state index in [9.17, 15) is 5.11 Å².